The van der Waals surface area contributed by atoms with E-state index in [1.165, 1.54) is 19.3 Å². The van der Waals surface area contributed by atoms with Gasteiger partial charge in [-0.1, -0.05) is 12.5 Å². The molecule has 1 aromatic heterocycles. The highest BCUT2D eigenvalue weighted by Crippen LogP contribution is 2.29. The normalized spacial score (nSPS) is 21.7. The van der Waals surface area contributed by atoms with Crippen LogP contribution < -0.4 is 5.32 Å². The quantitative estimate of drug-likeness (QED) is 0.863. The minimum atomic E-state index is -0.178. The van der Waals surface area contributed by atoms with E-state index in [0.29, 0.717) is 6.54 Å². The molecule has 2 saturated heterocycles. The average Bonchev–Trinajstić information content (AvgIpc) is 2.63. The van der Waals surface area contributed by atoms with Crippen LogP contribution in [0.4, 0.5) is 0 Å². The fraction of sp³-hybridized carbons (Fsp3) is 0.727. The first kappa shape index (κ1) is 20.3. The lowest BCUT2D eigenvalue weighted by molar-refractivity contribution is -0.125. The number of carbonyl (C=O) groups excluding carboxylic acids is 1. The summed E-state index contributed by atoms with van der Waals surface area (Å²) in [5.41, 5.74) is 1.07. The van der Waals surface area contributed by atoms with Gasteiger partial charge in [-0.2, -0.15) is 0 Å². The maximum absolute atomic E-state index is 12.9. The van der Waals surface area contributed by atoms with Gasteiger partial charge in [0, 0.05) is 42.5 Å². The fourth-order valence-electron chi connectivity index (χ4n) is 4.46. The van der Waals surface area contributed by atoms with E-state index in [2.05, 4.69) is 46.9 Å². The van der Waals surface area contributed by atoms with Crippen LogP contribution in [0.25, 0.3) is 0 Å². The van der Waals surface area contributed by atoms with Crippen molar-refractivity contribution in [2.24, 2.45) is 0 Å². The van der Waals surface area contributed by atoms with Crippen LogP contribution in [0.5, 0.6) is 0 Å². The predicted molar refractivity (Wildman–Crippen MR) is 110 cm³/mol. The number of amides is 1. The predicted octanol–water partition coefficient (Wildman–Crippen LogP) is 2.86. The van der Waals surface area contributed by atoms with E-state index < -0.39 is 0 Å². The molecule has 0 aliphatic carbocycles. The molecule has 0 bridgehead atoms. The third kappa shape index (κ3) is 5.76. The number of likely N-dealkylation sites (tertiary alicyclic amines) is 2. The maximum Gasteiger partial charge on any atom is 0.234 e. The Morgan fingerprint density at radius 3 is 2.41 bits per heavy atom. The molecule has 1 N–H and O–H groups in total. The summed E-state index contributed by atoms with van der Waals surface area (Å²) in [6.45, 7) is 11.5. The number of piperidine rings is 2. The fourth-order valence-corrected chi connectivity index (χ4v) is 4.46. The first-order chi connectivity index (χ1) is 12.9. The molecular weight excluding hydrogens is 336 g/mol. The number of nitrogens with zero attached hydrogens (tertiary/aromatic N) is 3. The Kier molecular flexibility index (Phi) is 6.53. The van der Waals surface area contributed by atoms with E-state index in [4.69, 9.17) is 0 Å². The van der Waals surface area contributed by atoms with Gasteiger partial charge in [0.25, 0.3) is 0 Å². The number of pyridine rings is 1. The van der Waals surface area contributed by atoms with E-state index >= 15 is 0 Å². The summed E-state index contributed by atoms with van der Waals surface area (Å²) in [6.07, 6.45) is 8.35. The molecule has 27 heavy (non-hydrogen) atoms. The number of aromatic nitrogens is 1. The lowest BCUT2D eigenvalue weighted by atomic mass is 9.81. The third-order valence-electron chi connectivity index (χ3n) is 6.14. The lowest BCUT2D eigenvalue weighted by Crippen LogP contribution is -2.60. The van der Waals surface area contributed by atoms with Crippen LogP contribution >= 0.6 is 0 Å². The maximum atomic E-state index is 12.9. The van der Waals surface area contributed by atoms with Gasteiger partial charge in [-0.3, -0.25) is 19.6 Å². The molecule has 2 aliphatic rings. The molecule has 2 fully saturated rings. The van der Waals surface area contributed by atoms with Gasteiger partial charge in [-0.15, -0.1) is 0 Å². The molecule has 1 amide bonds. The van der Waals surface area contributed by atoms with Gasteiger partial charge in [0.15, 0.2) is 0 Å². The molecule has 0 aromatic carbocycles. The zero-order valence-electron chi connectivity index (χ0n) is 17.3. The molecule has 0 atom stereocenters. The van der Waals surface area contributed by atoms with Crippen molar-refractivity contribution in [3.8, 4) is 0 Å². The standard InChI is InChI=1S/C22H36N4O/c1-21(2,3)26-15-10-22(11-16-26,17-19-9-5-6-12-23-19)24-20(27)18-25-13-7-4-8-14-25/h5-6,9,12H,4,7-8,10-11,13-18H2,1-3H3,(H,24,27). The van der Waals surface area contributed by atoms with Crippen LogP contribution in [0.15, 0.2) is 24.4 Å². The van der Waals surface area contributed by atoms with Gasteiger partial charge >= 0.3 is 0 Å². The summed E-state index contributed by atoms with van der Waals surface area (Å²) in [7, 11) is 0. The van der Waals surface area contributed by atoms with Crippen molar-refractivity contribution in [1.29, 1.82) is 0 Å². The van der Waals surface area contributed by atoms with Crippen molar-refractivity contribution in [1.82, 2.24) is 20.1 Å². The summed E-state index contributed by atoms with van der Waals surface area (Å²) in [5, 5.41) is 3.45. The molecule has 3 heterocycles. The smallest absolute Gasteiger partial charge is 0.234 e. The van der Waals surface area contributed by atoms with Crippen LogP contribution in [0.3, 0.4) is 0 Å². The first-order valence-corrected chi connectivity index (χ1v) is 10.5. The molecule has 3 rings (SSSR count). The van der Waals surface area contributed by atoms with Crippen molar-refractivity contribution in [2.75, 3.05) is 32.7 Å². The van der Waals surface area contributed by atoms with Crippen molar-refractivity contribution < 1.29 is 4.79 Å². The van der Waals surface area contributed by atoms with Crippen LogP contribution in [0, 0.1) is 0 Å². The largest absolute Gasteiger partial charge is 0.349 e. The topological polar surface area (TPSA) is 48.5 Å². The summed E-state index contributed by atoms with van der Waals surface area (Å²) in [5.74, 6) is 0.178. The van der Waals surface area contributed by atoms with E-state index in [1.807, 2.05) is 18.3 Å². The minimum Gasteiger partial charge on any atom is -0.349 e. The molecule has 5 nitrogen and oxygen atoms in total. The van der Waals surface area contributed by atoms with Gasteiger partial charge in [-0.25, -0.2) is 0 Å². The van der Waals surface area contributed by atoms with Crippen LogP contribution in [-0.4, -0.2) is 64.5 Å². The first-order valence-electron chi connectivity index (χ1n) is 10.5. The SMILES string of the molecule is CC(C)(C)N1CCC(Cc2ccccn2)(NC(=O)CN2CCCCC2)CC1. The molecule has 0 radical (unpaired) electrons. The number of rotatable bonds is 5. The Balaban J connectivity index is 1.67. The second kappa shape index (κ2) is 8.70. The highest BCUT2D eigenvalue weighted by atomic mass is 16.2. The third-order valence-corrected chi connectivity index (χ3v) is 6.14. The Hall–Kier alpha value is -1.46. The second-order valence-corrected chi connectivity index (χ2v) is 9.32. The van der Waals surface area contributed by atoms with Gasteiger partial charge < -0.3 is 5.32 Å². The van der Waals surface area contributed by atoms with Gasteiger partial charge in [0.2, 0.25) is 5.91 Å². The zero-order valence-corrected chi connectivity index (χ0v) is 17.3. The Bertz CT molecular complexity index is 596. The highest BCUT2D eigenvalue weighted by molar-refractivity contribution is 5.79. The van der Waals surface area contributed by atoms with Gasteiger partial charge in [0.1, 0.15) is 0 Å². The Morgan fingerprint density at radius 1 is 1.11 bits per heavy atom. The molecule has 0 saturated carbocycles. The van der Waals surface area contributed by atoms with E-state index in [0.717, 1.165) is 51.1 Å². The summed E-state index contributed by atoms with van der Waals surface area (Å²) >= 11 is 0. The minimum absolute atomic E-state index is 0.176. The Morgan fingerprint density at radius 2 is 1.81 bits per heavy atom. The van der Waals surface area contributed by atoms with E-state index in [9.17, 15) is 4.79 Å². The highest BCUT2D eigenvalue weighted by Gasteiger charge is 2.39. The second-order valence-electron chi connectivity index (χ2n) is 9.32. The van der Waals surface area contributed by atoms with Crippen molar-refractivity contribution in [3.05, 3.63) is 30.1 Å². The van der Waals surface area contributed by atoms with Crippen LogP contribution in [-0.2, 0) is 11.2 Å². The molecule has 150 valence electrons. The summed E-state index contributed by atoms with van der Waals surface area (Å²) < 4.78 is 0. The number of nitrogens with one attached hydrogen (secondary N) is 1. The van der Waals surface area contributed by atoms with Crippen molar-refractivity contribution in [3.63, 3.8) is 0 Å². The van der Waals surface area contributed by atoms with Gasteiger partial charge in [0.05, 0.1) is 6.54 Å². The van der Waals surface area contributed by atoms with E-state index in [1.54, 1.807) is 0 Å². The zero-order chi connectivity index (χ0) is 19.3. The summed E-state index contributed by atoms with van der Waals surface area (Å²) in [4.78, 5) is 22.2. The molecule has 0 spiro atoms. The molecule has 2 aliphatic heterocycles. The van der Waals surface area contributed by atoms with Gasteiger partial charge in [-0.05, 0) is 71.7 Å². The molecule has 1 aromatic rings. The van der Waals surface area contributed by atoms with Crippen LogP contribution in [0.2, 0.25) is 0 Å². The monoisotopic (exact) mass is 372 g/mol. The number of carbonyl (C=O) groups is 1. The van der Waals surface area contributed by atoms with Crippen molar-refractivity contribution in [2.45, 2.75) is 70.4 Å². The molecule has 0 unspecified atom stereocenters. The molecular formula is C22H36N4O. The van der Waals surface area contributed by atoms with E-state index in [-0.39, 0.29) is 17.0 Å². The number of hydrogen-bond donors (Lipinski definition) is 1. The lowest BCUT2D eigenvalue weighted by Gasteiger charge is -2.47. The Labute approximate surface area is 164 Å². The summed E-state index contributed by atoms with van der Waals surface area (Å²) in [6, 6.07) is 6.07. The van der Waals surface area contributed by atoms with Crippen molar-refractivity contribution >= 4 is 5.91 Å². The average molecular weight is 373 g/mol. The molecule has 5 heteroatoms. The number of hydrogen-bond acceptors (Lipinski definition) is 4. The van der Waals surface area contributed by atoms with Crippen LogP contribution in [0.1, 0.15) is 58.6 Å².